The summed E-state index contributed by atoms with van der Waals surface area (Å²) in [5.74, 6) is -0.806. The molecule has 0 saturated carbocycles. The van der Waals surface area contributed by atoms with E-state index < -0.39 is 24.2 Å². The Bertz CT molecular complexity index is 1060. The summed E-state index contributed by atoms with van der Waals surface area (Å²) in [6.45, 7) is 0.190. The first-order chi connectivity index (χ1) is 15.8. The SMILES string of the molecule is CN1C(=O)c2cc(NC(=O)Nc3ccc(Cl)cc3)ccc2OC[C@@H]2O[C@@H](CC(=O)O)CC[C@H]21. The molecule has 9 nitrogen and oxygen atoms in total. The largest absolute Gasteiger partial charge is 0.490 e. The molecule has 1 fully saturated rings. The van der Waals surface area contributed by atoms with Crippen molar-refractivity contribution in [3.8, 4) is 5.75 Å². The molecule has 33 heavy (non-hydrogen) atoms. The van der Waals surface area contributed by atoms with E-state index in [-0.39, 0.29) is 25.0 Å². The summed E-state index contributed by atoms with van der Waals surface area (Å²) in [6, 6.07) is 10.8. The standard InChI is InChI=1S/C23H24ClN3O6/c1-27-18-8-7-16(11-21(28)29)33-20(18)12-32-19-9-6-15(10-17(19)22(27)30)26-23(31)25-14-4-2-13(24)3-5-14/h2-6,9-10,16,18,20H,7-8,11-12H2,1H3,(H,28,29)(H2,25,26,31)/t16-,18-,20+/m1/s1. The van der Waals surface area contributed by atoms with Gasteiger partial charge in [-0.05, 0) is 55.3 Å². The predicted octanol–water partition coefficient (Wildman–Crippen LogP) is 3.84. The summed E-state index contributed by atoms with van der Waals surface area (Å²) >= 11 is 5.86. The number of urea groups is 1. The van der Waals surface area contributed by atoms with Crippen molar-refractivity contribution in [1.29, 1.82) is 0 Å². The smallest absolute Gasteiger partial charge is 0.323 e. The average Bonchev–Trinajstić information content (AvgIpc) is 2.78. The number of rotatable bonds is 4. The van der Waals surface area contributed by atoms with Crippen molar-refractivity contribution < 1.29 is 29.0 Å². The lowest BCUT2D eigenvalue weighted by atomic mass is 9.94. The molecule has 0 aliphatic carbocycles. The van der Waals surface area contributed by atoms with E-state index in [0.29, 0.717) is 40.6 Å². The molecule has 2 aromatic rings. The number of carboxylic acids is 1. The number of hydrogen-bond donors (Lipinski definition) is 3. The van der Waals surface area contributed by atoms with Gasteiger partial charge in [0.15, 0.2) is 0 Å². The first kappa shape index (κ1) is 22.9. The lowest BCUT2D eigenvalue weighted by Crippen LogP contribution is -2.53. The van der Waals surface area contributed by atoms with Gasteiger partial charge in [-0.3, -0.25) is 9.59 Å². The van der Waals surface area contributed by atoms with Gasteiger partial charge in [-0.1, -0.05) is 11.6 Å². The van der Waals surface area contributed by atoms with E-state index in [1.165, 1.54) is 0 Å². The van der Waals surface area contributed by atoms with E-state index in [2.05, 4.69) is 10.6 Å². The number of benzene rings is 2. The molecule has 3 N–H and O–H groups in total. The van der Waals surface area contributed by atoms with Crippen LogP contribution in [0.15, 0.2) is 42.5 Å². The maximum atomic E-state index is 13.2. The third-order valence-electron chi connectivity index (χ3n) is 5.77. The number of hydrogen-bond acceptors (Lipinski definition) is 5. The van der Waals surface area contributed by atoms with Gasteiger partial charge in [0.25, 0.3) is 5.91 Å². The highest BCUT2D eigenvalue weighted by molar-refractivity contribution is 6.30. The van der Waals surface area contributed by atoms with Crippen LogP contribution in [0.1, 0.15) is 29.6 Å². The van der Waals surface area contributed by atoms with Crippen LogP contribution in [-0.4, -0.2) is 59.8 Å². The number of carbonyl (C=O) groups is 3. The third kappa shape index (κ3) is 5.37. The van der Waals surface area contributed by atoms with Crippen LogP contribution in [0.2, 0.25) is 5.02 Å². The summed E-state index contributed by atoms with van der Waals surface area (Å²) in [6.07, 6.45) is 0.258. The fourth-order valence-electron chi connectivity index (χ4n) is 4.13. The molecule has 3 atom stereocenters. The van der Waals surface area contributed by atoms with Crippen molar-refractivity contribution in [3.63, 3.8) is 0 Å². The van der Waals surface area contributed by atoms with Crippen LogP contribution < -0.4 is 15.4 Å². The van der Waals surface area contributed by atoms with Gasteiger partial charge in [-0.2, -0.15) is 0 Å². The number of nitrogens with one attached hydrogen (secondary N) is 2. The highest BCUT2D eigenvalue weighted by Crippen LogP contribution is 2.32. The molecule has 0 unspecified atom stereocenters. The number of fused-ring (bicyclic) bond motifs is 2. The maximum absolute atomic E-state index is 13.2. The zero-order chi connectivity index (χ0) is 23.5. The predicted molar refractivity (Wildman–Crippen MR) is 122 cm³/mol. The van der Waals surface area contributed by atoms with Gasteiger partial charge < -0.3 is 30.1 Å². The number of halogens is 1. The normalized spacial score (nSPS) is 22.2. The fourth-order valence-corrected chi connectivity index (χ4v) is 4.25. The first-order valence-corrected chi connectivity index (χ1v) is 10.9. The molecule has 4 rings (SSSR count). The monoisotopic (exact) mass is 473 g/mol. The fraction of sp³-hybridized carbons (Fsp3) is 0.348. The zero-order valence-corrected chi connectivity index (χ0v) is 18.7. The minimum Gasteiger partial charge on any atom is -0.490 e. The lowest BCUT2D eigenvalue weighted by molar-refractivity contribution is -0.148. The number of nitrogens with zero attached hydrogens (tertiary/aromatic N) is 1. The molecule has 2 aromatic carbocycles. The van der Waals surface area contributed by atoms with Crippen LogP contribution in [0.25, 0.3) is 0 Å². The van der Waals surface area contributed by atoms with Crippen LogP contribution >= 0.6 is 11.6 Å². The Balaban J connectivity index is 1.48. The molecule has 0 bridgehead atoms. The van der Waals surface area contributed by atoms with Crippen molar-refractivity contribution in [2.75, 3.05) is 24.3 Å². The first-order valence-electron chi connectivity index (χ1n) is 10.5. The Kier molecular flexibility index (Phi) is 6.71. The Hall–Kier alpha value is -3.30. The highest BCUT2D eigenvalue weighted by atomic mass is 35.5. The topological polar surface area (TPSA) is 117 Å². The molecule has 3 amide bonds. The van der Waals surface area contributed by atoms with Crippen LogP contribution in [0.5, 0.6) is 5.75 Å². The van der Waals surface area contributed by atoms with Crippen molar-refractivity contribution >= 4 is 40.9 Å². The van der Waals surface area contributed by atoms with E-state index in [4.69, 9.17) is 26.2 Å². The van der Waals surface area contributed by atoms with E-state index in [1.54, 1.807) is 54.4 Å². The summed E-state index contributed by atoms with van der Waals surface area (Å²) in [4.78, 5) is 38.2. The summed E-state index contributed by atoms with van der Waals surface area (Å²) < 4.78 is 11.8. The third-order valence-corrected chi connectivity index (χ3v) is 6.03. The van der Waals surface area contributed by atoms with Crippen molar-refractivity contribution in [3.05, 3.63) is 53.1 Å². The molecule has 10 heteroatoms. The van der Waals surface area contributed by atoms with E-state index in [1.807, 2.05) is 0 Å². The molecule has 2 aliphatic rings. The molecule has 1 saturated heterocycles. The second-order valence-electron chi connectivity index (χ2n) is 8.06. The van der Waals surface area contributed by atoms with Gasteiger partial charge >= 0.3 is 12.0 Å². The lowest BCUT2D eigenvalue weighted by Gasteiger charge is -2.42. The number of ether oxygens (including phenoxy) is 2. The van der Waals surface area contributed by atoms with Gasteiger partial charge in [0.2, 0.25) is 0 Å². The van der Waals surface area contributed by atoms with Crippen LogP contribution in [0, 0.1) is 0 Å². The second kappa shape index (κ2) is 9.68. The van der Waals surface area contributed by atoms with Gasteiger partial charge in [0.1, 0.15) is 18.5 Å². The van der Waals surface area contributed by atoms with Gasteiger partial charge in [0.05, 0.1) is 24.1 Å². The van der Waals surface area contributed by atoms with Crippen molar-refractivity contribution in [1.82, 2.24) is 4.90 Å². The van der Waals surface area contributed by atoms with Gasteiger partial charge in [0, 0.05) is 23.4 Å². The maximum Gasteiger partial charge on any atom is 0.323 e. The molecule has 2 aliphatic heterocycles. The molecule has 174 valence electrons. The van der Waals surface area contributed by atoms with Crippen molar-refractivity contribution in [2.45, 2.75) is 37.5 Å². The number of aliphatic carboxylic acids is 1. The molecule has 0 spiro atoms. The van der Waals surface area contributed by atoms with Crippen LogP contribution in [0.4, 0.5) is 16.2 Å². The minimum atomic E-state index is -0.917. The number of anilines is 2. The van der Waals surface area contributed by atoms with Crippen LogP contribution in [0.3, 0.4) is 0 Å². The summed E-state index contributed by atoms with van der Waals surface area (Å²) in [5, 5.41) is 15.0. The minimum absolute atomic E-state index is 0.0788. The molecular formula is C23H24ClN3O6. The molecule has 2 heterocycles. The van der Waals surface area contributed by atoms with Crippen LogP contribution in [-0.2, 0) is 9.53 Å². The van der Waals surface area contributed by atoms with Gasteiger partial charge in [-0.15, -0.1) is 0 Å². The molecular weight excluding hydrogens is 450 g/mol. The van der Waals surface area contributed by atoms with E-state index in [9.17, 15) is 14.4 Å². The Morgan fingerprint density at radius 1 is 1.12 bits per heavy atom. The summed E-state index contributed by atoms with van der Waals surface area (Å²) in [5.41, 5.74) is 1.34. The Morgan fingerprint density at radius 3 is 2.55 bits per heavy atom. The number of carboxylic acid groups (broad SMARTS) is 1. The second-order valence-corrected chi connectivity index (χ2v) is 8.50. The van der Waals surface area contributed by atoms with Crippen molar-refractivity contribution in [2.24, 2.45) is 0 Å². The average molecular weight is 474 g/mol. The Morgan fingerprint density at radius 2 is 1.82 bits per heavy atom. The number of likely N-dealkylation sites (N-methyl/N-ethyl adjacent to an activating group) is 1. The Labute approximate surface area is 195 Å². The van der Waals surface area contributed by atoms with E-state index in [0.717, 1.165) is 0 Å². The summed E-state index contributed by atoms with van der Waals surface area (Å²) in [7, 11) is 1.70. The van der Waals surface area contributed by atoms with E-state index >= 15 is 0 Å². The zero-order valence-electron chi connectivity index (χ0n) is 17.9. The quantitative estimate of drug-likeness (QED) is 0.621. The number of carbonyl (C=O) groups excluding carboxylic acids is 2. The molecule has 0 aromatic heterocycles. The molecule has 0 radical (unpaired) electrons. The van der Waals surface area contributed by atoms with Gasteiger partial charge in [-0.25, -0.2) is 4.79 Å². The number of amides is 3. The highest BCUT2D eigenvalue weighted by Gasteiger charge is 2.39.